The molecule has 0 amide bonds. The topological polar surface area (TPSA) is 83.3 Å². The lowest BCUT2D eigenvalue weighted by Crippen LogP contribution is -2.45. The van der Waals surface area contributed by atoms with Crippen LogP contribution in [0.1, 0.15) is 36.6 Å². The molecule has 1 aliphatic rings. The van der Waals surface area contributed by atoms with Gasteiger partial charge in [-0.2, -0.15) is 0 Å². The Balaban J connectivity index is 0.00000306. The third kappa shape index (κ3) is 6.18. The van der Waals surface area contributed by atoms with E-state index in [-0.39, 0.29) is 41.9 Å². The number of aliphatic imine (C=N–C) groups is 1. The summed E-state index contributed by atoms with van der Waals surface area (Å²) in [6.07, 6.45) is 2.48. The van der Waals surface area contributed by atoms with Crippen LogP contribution in [0.25, 0.3) is 0 Å². The largest absolute Gasteiger partial charge is 0.352 e. The van der Waals surface area contributed by atoms with Crippen LogP contribution in [0, 0.1) is 12.7 Å². The lowest BCUT2D eigenvalue weighted by Gasteiger charge is -2.22. The maximum Gasteiger partial charge on any atom is 0.192 e. The van der Waals surface area contributed by atoms with Crippen LogP contribution in [-0.4, -0.2) is 44.8 Å². The average molecular weight is 564 g/mol. The summed E-state index contributed by atoms with van der Waals surface area (Å²) < 4.78 is 16.1. The van der Waals surface area contributed by atoms with Gasteiger partial charge in [-0.15, -0.1) is 34.2 Å². The first-order valence-corrected chi connectivity index (χ1v) is 10.8. The number of rotatable bonds is 6. The maximum absolute atomic E-state index is 14.2. The highest BCUT2D eigenvalue weighted by molar-refractivity contribution is 14.0. The second kappa shape index (κ2) is 11.4. The zero-order chi connectivity index (χ0) is 22.5. The quantitative estimate of drug-likeness (QED) is 0.272. The molecule has 1 aromatic carbocycles. The van der Waals surface area contributed by atoms with Gasteiger partial charge < -0.3 is 20.1 Å². The minimum atomic E-state index is -0.296. The van der Waals surface area contributed by atoms with E-state index in [1.807, 2.05) is 41.6 Å². The van der Waals surface area contributed by atoms with Crippen molar-refractivity contribution in [3.05, 3.63) is 71.7 Å². The summed E-state index contributed by atoms with van der Waals surface area (Å²) in [5, 5.41) is 15.3. The van der Waals surface area contributed by atoms with Gasteiger partial charge in [-0.25, -0.2) is 14.4 Å². The van der Waals surface area contributed by atoms with Crippen LogP contribution in [0.3, 0.4) is 0 Å². The van der Waals surface area contributed by atoms with E-state index in [9.17, 15) is 4.39 Å². The Bertz CT molecular complexity index is 1070. The fourth-order valence-electron chi connectivity index (χ4n) is 3.78. The molecule has 0 saturated carbocycles. The van der Waals surface area contributed by atoms with Crippen LogP contribution in [-0.2, 0) is 13.6 Å². The smallest absolute Gasteiger partial charge is 0.192 e. The molecule has 4 rings (SSSR count). The molecule has 2 aromatic heterocycles. The normalized spacial score (nSPS) is 16.9. The van der Waals surface area contributed by atoms with Crippen molar-refractivity contribution >= 4 is 35.8 Å². The first-order valence-electron chi connectivity index (χ1n) is 10.8. The number of hydrogen-bond donors (Lipinski definition) is 2. The molecule has 2 unspecified atom stereocenters. The number of hydrogen-bond acceptors (Lipinski definition) is 5. The highest BCUT2D eigenvalue weighted by atomic mass is 127. The van der Waals surface area contributed by atoms with Gasteiger partial charge in [-0.05, 0) is 38.0 Å². The van der Waals surface area contributed by atoms with Gasteiger partial charge in [0.15, 0.2) is 23.4 Å². The predicted octanol–water partition coefficient (Wildman–Crippen LogP) is 3.35. The molecule has 2 atom stereocenters. The van der Waals surface area contributed by atoms with Gasteiger partial charge in [0.25, 0.3) is 0 Å². The molecule has 2 N–H and O–H groups in total. The summed E-state index contributed by atoms with van der Waals surface area (Å²) in [4.78, 5) is 11.0. The average Bonchev–Trinajstić information content (AvgIpc) is 3.39. The number of guanidine groups is 1. The zero-order valence-electron chi connectivity index (χ0n) is 19.1. The summed E-state index contributed by atoms with van der Waals surface area (Å²) in [7, 11) is 1.93. The second-order valence-corrected chi connectivity index (χ2v) is 8.05. The Hall–Kier alpha value is -2.76. The number of aromatic nitrogens is 4. The van der Waals surface area contributed by atoms with Gasteiger partial charge in [0.05, 0.1) is 6.04 Å². The molecule has 176 valence electrons. The van der Waals surface area contributed by atoms with Crippen LogP contribution < -0.4 is 15.5 Å². The molecule has 1 saturated heterocycles. The van der Waals surface area contributed by atoms with Gasteiger partial charge in [-0.1, -0.05) is 30.3 Å². The monoisotopic (exact) mass is 564 g/mol. The number of benzene rings is 1. The number of halogens is 2. The molecule has 3 aromatic rings. The van der Waals surface area contributed by atoms with Gasteiger partial charge in [-0.3, -0.25) is 0 Å². The van der Waals surface area contributed by atoms with Gasteiger partial charge in [0.1, 0.15) is 12.4 Å². The minimum Gasteiger partial charge on any atom is -0.352 e. The minimum absolute atomic E-state index is 0. The summed E-state index contributed by atoms with van der Waals surface area (Å²) in [6, 6.07) is 13.5. The number of aryl methyl sites for hydroxylation is 1. The zero-order valence-corrected chi connectivity index (χ0v) is 21.4. The maximum atomic E-state index is 14.2. The Morgan fingerprint density at radius 2 is 2.00 bits per heavy atom. The molecule has 3 heterocycles. The summed E-state index contributed by atoms with van der Waals surface area (Å²) in [5.74, 6) is 2.43. The van der Waals surface area contributed by atoms with Crippen LogP contribution in [0.15, 0.2) is 53.7 Å². The first-order chi connectivity index (χ1) is 15.5. The van der Waals surface area contributed by atoms with Crippen LogP contribution >= 0.6 is 24.0 Å². The lowest BCUT2D eigenvalue weighted by molar-refractivity contribution is 0.607. The highest BCUT2D eigenvalue weighted by Gasteiger charge is 2.26. The van der Waals surface area contributed by atoms with Crippen molar-refractivity contribution in [3.8, 4) is 0 Å². The Morgan fingerprint density at radius 1 is 1.21 bits per heavy atom. The Kier molecular flexibility index (Phi) is 8.59. The van der Waals surface area contributed by atoms with Crippen molar-refractivity contribution in [1.82, 2.24) is 30.4 Å². The molecule has 0 bridgehead atoms. The third-order valence-electron chi connectivity index (χ3n) is 5.78. The van der Waals surface area contributed by atoms with E-state index in [1.165, 1.54) is 11.6 Å². The van der Waals surface area contributed by atoms with Crippen molar-refractivity contribution in [2.45, 2.75) is 38.9 Å². The molecule has 0 spiro atoms. The summed E-state index contributed by atoms with van der Waals surface area (Å²) >= 11 is 0. The first kappa shape index (κ1) is 24.9. The van der Waals surface area contributed by atoms with Crippen LogP contribution in [0.4, 0.5) is 10.2 Å². The van der Waals surface area contributed by atoms with Crippen molar-refractivity contribution in [2.24, 2.45) is 12.0 Å². The Morgan fingerprint density at radius 3 is 2.70 bits per heavy atom. The van der Waals surface area contributed by atoms with E-state index in [2.05, 4.69) is 44.9 Å². The van der Waals surface area contributed by atoms with E-state index < -0.39 is 0 Å². The van der Waals surface area contributed by atoms with Crippen molar-refractivity contribution < 1.29 is 4.39 Å². The highest BCUT2D eigenvalue weighted by Crippen LogP contribution is 2.21. The van der Waals surface area contributed by atoms with Gasteiger partial charge >= 0.3 is 0 Å². The van der Waals surface area contributed by atoms with E-state index >= 15 is 0 Å². The molecule has 33 heavy (non-hydrogen) atoms. The summed E-state index contributed by atoms with van der Waals surface area (Å²) in [6.45, 7) is 5.80. The molecule has 1 fully saturated rings. The van der Waals surface area contributed by atoms with E-state index in [1.54, 1.807) is 12.3 Å². The molecule has 8 nitrogen and oxygen atoms in total. The third-order valence-corrected chi connectivity index (χ3v) is 5.78. The van der Waals surface area contributed by atoms with Crippen molar-refractivity contribution in [2.75, 3.05) is 18.0 Å². The fraction of sp³-hybridized carbons (Fsp3) is 0.391. The molecule has 0 aliphatic carbocycles. The predicted molar refractivity (Wildman–Crippen MR) is 138 cm³/mol. The van der Waals surface area contributed by atoms with E-state index in [4.69, 9.17) is 4.99 Å². The fourth-order valence-corrected chi connectivity index (χ4v) is 3.78. The van der Waals surface area contributed by atoms with Gasteiger partial charge in [0.2, 0.25) is 0 Å². The molecule has 0 radical (unpaired) electrons. The Labute approximate surface area is 210 Å². The van der Waals surface area contributed by atoms with Gasteiger partial charge in [0, 0.05) is 32.4 Å². The van der Waals surface area contributed by atoms with E-state index in [0.29, 0.717) is 24.9 Å². The van der Waals surface area contributed by atoms with Crippen LogP contribution in [0.5, 0.6) is 0 Å². The molecule has 1 aliphatic heterocycles. The second-order valence-electron chi connectivity index (χ2n) is 8.05. The van der Waals surface area contributed by atoms with E-state index in [0.717, 1.165) is 24.6 Å². The SMILES string of the molecule is Cc1nnc(CN=C(NC2CCN(c3ncccc3F)C2)NC(C)c2ccccc2)n1C.I. The molecule has 10 heteroatoms. The van der Waals surface area contributed by atoms with Crippen LogP contribution in [0.2, 0.25) is 0 Å². The number of nitrogens with zero attached hydrogens (tertiary/aromatic N) is 6. The molecular weight excluding hydrogens is 534 g/mol. The number of anilines is 1. The number of nitrogens with one attached hydrogen (secondary N) is 2. The standard InChI is InChI=1S/C23H29FN8.HI/c1-16(18-8-5-4-6-9-18)27-23(26-14-21-30-29-17(2)31(21)3)28-19-11-13-32(15-19)22-20(24)10-7-12-25-22;/h4-10,12,16,19H,11,13-15H2,1-3H3,(H2,26,27,28);1H. The number of pyridine rings is 1. The van der Waals surface area contributed by atoms with Crippen molar-refractivity contribution in [1.29, 1.82) is 0 Å². The molecular formula is C23H30FIN8. The van der Waals surface area contributed by atoms with Crippen molar-refractivity contribution in [3.63, 3.8) is 0 Å². The lowest BCUT2D eigenvalue weighted by atomic mass is 10.1. The summed E-state index contributed by atoms with van der Waals surface area (Å²) in [5.41, 5.74) is 1.17.